The van der Waals surface area contributed by atoms with Gasteiger partial charge in [-0.3, -0.25) is 0 Å². The lowest BCUT2D eigenvalue weighted by Gasteiger charge is -2.29. The van der Waals surface area contributed by atoms with Crippen molar-refractivity contribution in [2.24, 2.45) is 0 Å². The molecule has 3 aliphatic heterocycles. The van der Waals surface area contributed by atoms with Crippen molar-refractivity contribution >= 4 is 28.3 Å². The standard InChI is InChI=1S/C25H26ClN3O2/c26-21-14-25(29-11-3-4-19(29)15-28-9-1-2-10-28)27-22-7-5-17(12-20(21)22)18-6-8-23-24(13-18)31-16-30-23/h5-8,12-14,19H,1-4,9-11,15-16H2/t19-/m0/s1. The zero-order valence-corrected chi connectivity index (χ0v) is 18.3. The fourth-order valence-corrected chi connectivity index (χ4v) is 5.41. The molecule has 2 aromatic carbocycles. The number of benzene rings is 2. The van der Waals surface area contributed by atoms with E-state index in [-0.39, 0.29) is 6.79 Å². The van der Waals surface area contributed by atoms with Crippen LogP contribution >= 0.6 is 11.6 Å². The largest absolute Gasteiger partial charge is 0.454 e. The Balaban J connectivity index is 1.31. The number of rotatable bonds is 4. The van der Waals surface area contributed by atoms with E-state index in [2.05, 4.69) is 40.1 Å². The van der Waals surface area contributed by atoms with E-state index in [1.54, 1.807) is 0 Å². The van der Waals surface area contributed by atoms with Crippen LogP contribution in [0.1, 0.15) is 25.7 Å². The van der Waals surface area contributed by atoms with Gasteiger partial charge in [0.1, 0.15) is 5.82 Å². The van der Waals surface area contributed by atoms with Gasteiger partial charge in [-0.25, -0.2) is 4.98 Å². The van der Waals surface area contributed by atoms with Gasteiger partial charge in [0.15, 0.2) is 11.5 Å². The molecule has 1 atom stereocenters. The lowest BCUT2D eigenvalue weighted by molar-refractivity contribution is 0.174. The van der Waals surface area contributed by atoms with Gasteiger partial charge in [-0.15, -0.1) is 0 Å². The summed E-state index contributed by atoms with van der Waals surface area (Å²) in [6.45, 7) is 4.95. The number of nitrogens with zero attached hydrogens (tertiary/aromatic N) is 3. The van der Waals surface area contributed by atoms with Gasteiger partial charge in [0, 0.05) is 24.5 Å². The zero-order chi connectivity index (χ0) is 20.8. The summed E-state index contributed by atoms with van der Waals surface area (Å²) >= 11 is 6.79. The maximum atomic E-state index is 6.79. The Labute approximate surface area is 187 Å². The monoisotopic (exact) mass is 435 g/mol. The van der Waals surface area contributed by atoms with Crippen LogP contribution in [0.3, 0.4) is 0 Å². The van der Waals surface area contributed by atoms with Gasteiger partial charge in [0.2, 0.25) is 6.79 Å². The highest BCUT2D eigenvalue weighted by atomic mass is 35.5. The Morgan fingerprint density at radius 1 is 0.903 bits per heavy atom. The lowest BCUT2D eigenvalue weighted by atomic mass is 10.0. The first-order valence-corrected chi connectivity index (χ1v) is 11.6. The van der Waals surface area contributed by atoms with Gasteiger partial charge in [-0.05, 0) is 80.2 Å². The summed E-state index contributed by atoms with van der Waals surface area (Å²) in [5.41, 5.74) is 3.12. The number of fused-ring (bicyclic) bond motifs is 2. The third-order valence-electron chi connectivity index (χ3n) is 6.79. The molecule has 0 unspecified atom stereocenters. The number of anilines is 1. The maximum absolute atomic E-state index is 6.79. The molecule has 2 saturated heterocycles. The Kier molecular flexibility index (Phi) is 4.88. The minimum atomic E-state index is 0.282. The quantitative estimate of drug-likeness (QED) is 0.552. The number of pyridine rings is 1. The van der Waals surface area contributed by atoms with Crippen molar-refractivity contribution < 1.29 is 9.47 Å². The molecule has 0 aliphatic carbocycles. The lowest BCUT2D eigenvalue weighted by Crippen LogP contribution is -2.39. The van der Waals surface area contributed by atoms with Gasteiger partial charge in [0.05, 0.1) is 10.5 Å². The van der Waals surface area contributed by atoms with Crippen molar-refractivity contribution in [2.75, 3.05) is 37.9 Å². The average Bonchev–Trinajstić information content (AvgIpc) is 3.55. The molecular formula is C25H26ClN3O2. The van der Waals surface area contributed by atoms with E-state index in [1.807, 2.05) is 12.1 Å². The number of hydrogen-bond donors (Lipinski definition) is 0. The molecule has 0 radical (unpaired) electrons. The van der Waals surface area contributed by atoms with E-state index >= 15 is 0 Å². The summed E-state index contributed by atoms with van der Waals surface area (Å²) in [5, 5.41) is 1.74. The number of aromatic nitrogens is 1. The average molecular weight is 436 g/mol. The maximum Gasteiger partial charge on any atom is 0.231 e. The smallest absolute Gasteiger partial charge is 0.231 e. The van der Waals surface area contributed by atoms with Crippen LogP contribution in [0.2, 0.25) is 5.02 Å². The molecule has 2 fully saturated rings. The first kappa shape index (κ1) is 19.2. The topological polar surface area (TPSA) is 37.8 Å². The fraction of sp³-hybridized carbons (Fsp3) is 0.400. The minimum Gasteiger partial charge on any atom is -0.454 e. The van der Waals surface area contributed by atoms with Crippen LogP contribution in [0.4, 0.5) is 5.82 Å². The Hall–Kier alpha value is -2.50. The predicted octanol–water partition coefficient (Wildman–Crippen LogP) is 5.35. The second-order valence-corrected chi connectivity index (χ2v) is 9.17. The van der Waals surface area contributed by atoms with E-state index in [0.29, 0.717) is 6.04 Å². The minimum absolute atomic E-state index is 0.282. The highest BCUT2D eigenvalue weighted by Crippen LogP contribution is 2.38. The summed E-state index contributed by atoms with van der Waals surface area (Å²) < 4.78 is 11.0. The van der Waals surface area contributed by atoms with Gasteiger partial charge in [0.25, 0.3) is 0 Å². The molecule has 0 amide bonds. The first-order valence-electron chi connectivity index (χ1n) is 11.2. The van der Waals surface area contributed by atoms with Crippen LogP contribution in [0, 0.1) is 0 Å². The molecule has 4 heterocycles. The molecular weight excluding hydrogens is 410 g/mol. The van der Waals surface area contributed by atoms with E-state index in [4.69, 9.17) is 26.1 Å². The Morgan fingerprint density at radius 2 is 1.71 bits per heavy atom. The van der Waals surface area contributed by atoms with Crippen molar-refractivity contribution in [3.8, 4) is 22.6 Å². The van der Waals surface area contributed by atoms with E-state index < -0.39 is 0 Å². The summed E-state index contributed by atoms with van der Waals surface area (Å²) in [6, 6.07) is 14.9. The van der Waals surface area contributed by atoms with Crippen LogP contribution in [0.15, 0.2) is 42.5 Å². The van der Waals surface area contributed by atoms with Crippen LogP contribution in [-0.4, -0.2) is 48.9 Å². The van der Waals surface area contributed by atoms with Crippen molar-refractivity contribution in [1.82, 2.24) is 9.88 Å². The number of hydrogen-bond acceptors (Lipinski definition) is 5. The second-order valence-electron chi connectivity index (χ2n) is 8.76. The van der Waals surface area contributed by atoms with E-state index in [9.17, 15) is 0 Å². The third-order valence-corrected chi connectivity index (χ3v) is 7.10. The second kappa shape index (κ2) is 7.88. The summed E-state index contributed by atoms with van der Waals surface area (Å²) in [7, 11) is 0. The van der Waals surface area contributed by atoms with Gasteiger partial charge >= 0.3 is 0 Å². The van der Waals surface area contributed by atoms with Gasteiger partial charge < -0.3 is 19.3 Å². The van der Waals surface area contributed by atoms with Crippen LogP contribution in [-0.2, 0) is 0 Å². The number of halogens is 1. The van der Waals surface area contributed by atoms with Crippen molar-refractivity contribution in [2.45, 2.75) is 31.7 Å². The SMILES string of the molecule is Clc1cc(N2CCC[C@H]2CN2CCCC2)nc2ccc(-c3ccc4c(c3)OCO4)cc12. The summed E-state index contributed by atoms with van der Waals surface area (Å²) in [6.07, 6.45) is 5.12. The number of likely N-dealkylation sites (tertiary alicyclic amines) is 1. The first-order chi connectivity index (χ1) is 15.2. The molecule has 160 valence electrons. The van der Waals surface area contributed by atoms with Crippen molar-refractivity contribution in [3.05, 3.63) is 47.5 Å². The molecule has 31 heavy (non-hydrogen) atoms. The molecule has 0 N–H and O–H groups in total. The molecule has 5 nitrogen and oxygen atoms in total. The van der Waals surface area contributed by atoms with Crippen LogP contribution in [0.5, 0.6) is 11.5 Å². The van der Waals surface area contributed by atoms with Gasteiger partial charge in [-0.1, -0.05) is 23.7 Å². The summed E-state index contributed by atoms with van der Waals surface area (Å²) in [5.74, 6) is 2.59. The normalized spacial score (nSPS) is 20.8. The van der Waals surface area contributed by atoms with E-state index in [1.165, 1.54) is 38.8 Å². The highest BCUT2D eigenvalue weighted by Gasteiger charge is 2.29. The number of ether oxygens (including phenoxy) is 2. The van der Waals surface area contributed by atoms with Crippen molar-refractivity contribution in [3.63, 3.8) is 0 Å². The highest BCUT2D eigenvalue weighted by molar-refractivity contribution is 6.35. The molecule has 0 spiro atoms. The summed E-state index contributed by atoms with van der Waals surface area (Å²) in [4.78, 5) is 10.1. The predicted molar refractivity (Wildman–Crippen MR) is 124 cm³/mol. The van der Waals surface area contributed by atoms with E-state index in [0.717, 1.165) is 57.5 Å². The molecule has 3 aromatic rings. The molecule has 1 aromatic heterocycles. The Bertz CT molecular complexity index is 1130. The Morgan fingerprint density at radius 3 is 2.61 bits per heavy atom. The van der Waals surface area contributed by atoms with Crippen molar-refractivity contribution in [1.29, 1.82) is 0 Å². The zero-order valence-electron chi connectivity index (χ0n) is 17.5. The van der Waals surface area contributed by atoms with Crippen LogP contribution in [0.25, 0.3) is 22.0 Å². The van der Waals surface area contributed by atoms with Crippen LogP contribution < -0.4 is 14.4 Å². The van der Waals surface area contributed by atoms with Gasteiger partial charge in [-0.2, -0.15) is 0 Å². The molecule has 6 heteroatoms. The fourth-order valence-electron chi connectivity index (χ4n) is 5.16. The third kappa shape index (κ3) is 3.60. The molecule has 0 bridgehead atoms. The molecule has 0 saturated carbocycles. The molecule has 3 aliphatic rings. The molecule has 6 rings (SSSR count).